The van der Waals surface area contributed by atoms with Gasteiger partial charge in [-0.2, -0.15) is 0 Å². The molecule has 0 aromatic rings. The highest BCUT2D eigenvalue weighted by molar-refractivity contribution is 4.68. The number of hydrogen-bond donors (Lipinski definition) is 2. The van der Waals surface area contributed by atoms with Crippen molar-refractivity contribution in [3.05, 3.63) is 0 Å². The molecule has 0 amide bonds. The zero-order valence-corrected chi connectivity index (χ0v) is 6.12. The van der Waals surface area contributed by atoms with E-state index < -0.39 is 0 Å². The lowest BCUT2D eigenvalue weighted by molar-refractivity contribution is -0.192. The fraction of sp³-hybridized carbons (Fsp3) is 1.00. The van der Waals surface area contributed by atoms with Crippen molar-refractivity contribution >= 4 is 0 Å². The Hall–Kier alpha value is -0.160. The Kier molecular flexibility index (Phi) is 2.62. The second-order valence-corrected chi connectivity index (χ2v) is 2.65. The molecule has 1 unspecified atom stereocenters. The van der Waals surface area contributed by atoms with Crippen LogP contribution in [0.15, 0.2) is 0 Å². The Morgan fingerprint density at radius 1 is 1.40 bits per heavy atom. The summed E-state index contributed by atoms with van der Waals surface area (Å²) in [5, 5.41) is 0. The first-order chi connectivity index (χ1) is 4.70. The summed E-state index contributed by atoms with van der Waals surface area (Å²) < 4.78 is 10.4. The topological polar surface area (TPSA) is 70.5 Å². The minimum absolute atomic E-state index is 0.00926. The van der Waals surface area contributed by atoms with Gasteiger partial charge < -0.3 is 20.9 Å². The molecular weight excluding hydrogens is 132 g/mol. The van der Waals surface area contributed by atoms with Crippen molar-refractivity contribution in [1.82, 2.24) is 0 Å². The van der Waals surface area contributed by atoms with Crippen molar-refractivity contribution in [2.45, 2.75) is 25.3 Å². The summed E-state index contributed by atoms with van der Waals surface area (Å²) in [7, 11) is 0. The predicted molar refractivity (Wildman–Crippen MR) is 37.3 cm³/mol. The second-order valence-electron chi connectivity index (χ2n) is 2.65. The molecular formula is C6H14N2O2. The summed E-state index contributed by atoms with van der Waals surface area (Å²) in [6, 6.07) is -0.0671. The molecule has 60 valence electrons. The molecule has 1 atom stereocenters. The molecule has 1 heterocycles. The largest absolute Gasteiger partial charge is 0.349 e. The number of hydrogen-bond acceptors (Lipinski definition) is 4. The van der Waals surface area contributed by atoms with Crippen LogP contribution in [0, 0.1) is 0 Å². The summed E-state index contributed by atoms with van der Waals surface area (Å²) >= 11 is 0. The van der Waals surface area contributed by atoms with Crippen LogP contribution in [0.1, 0.15) is 6.92 Å². The van der Waals surface area contributed by atoms with Crippen LogP contribution in [0.5, 0.6) is 0 Å². The van der Waals surface area contributed by atoms with E-state index in [0.29, 0.717) is 13.2 Å². The maximum absolute atomic E-state index is 5.52. The van der Waals surface area contributed by atoms with Crippen LogP contribution in [0.2, 0.25) is 0 Å². The SMILES string of the molecule is CC(N)C1OCC(N)CO1. The fourth-order valence-corrected chi connectivity index (χ4v) is 0.837. The van der Waals surface area contributed by atoms with Crippen LogP contribution < -0.4 is 11.5 Å². The molecule has 4 nitrogen and oxygen atoms in total. The quantitative estimate of drug-likeness (QED) is 0.499. The van der Waals surface area contributed by atoms with Crippen molar-refractivity contribution < 1.29 is 9.47 Å². The van der Waals surface area contributed by atoms with Gasteiger partial charge in [-0.1, -0.05) is 0 Å². The first kappa shape index (κ1) is 7.94. The van der Waals surface area contributed by atoms with Gasteiger partial charge in [0.1, 0.15) is 0 Å². The van der Waals surface area contributed by atoms with E-state index in [-0.39, 0.29) is 18.4 Å². The van der Waals surface area contributed by atoms with E-state index in [2.05, 4.69) is 0 Å². The van der Waals surface area contributed by atoms with Crippen molar-refractivity contribution in [1.29, 1.82) is 0 Å². The maximum Gasteiger partial charge on any atom is 0.172 e. The minimum Gasteiger partial charge on any atom is -0.349 e. The Morgan fingerprint density at radius 3 is 2.30 bits per heavy atom. The molecule has 0 radical (unpaired) electrons. The second kappa shape index (κ2) is 3.30. The van der Waals surface area contributed by atoms with Gasteiger partial charge in [-0.05, 0) is 6.92 Å². The van der Waals surface area contributed by atoms with Gasteiger partial charge >= 0.3 is 0 Å². The van der Waals surface area contributed by atoms with Gasteiger partial charge in [0.2, 0.25) is 0 Å². The molecule has 0 aromatic heterocycles. The van der Waals surface area contributed by atoms with E-state index in [9.17, 15) is 0 Å². The van der Waals surface area contributed by atoms with Crippen LogP contribution >= 0.6 is 0 Å². The average Bonchev–Trinajstić information content (AvgIpc) is 1.88. The predicted octanol–water partition coefficient (Wildman–Crippen LogP) is -0.966. The Bertz CT molecular complexity index is 99.9. The summed E-state index contributed by atoms with van der Waals surface area (Å²) in [6.07, 6.45) is -0.264. The molecule has 0 saturated carbocycles. The third-order valence-electron chi connectivity index (χ3n) is 1.38. The van der Waals surface area contributed by atoms with E-state index in [0.717, 1.165) is 0 Å². The zero-order valence-electron chi connectivity index (χ0n) is 6.12. The summed E-state index contributed by atoms with van der Waals surface area (Å²) in [5.41, 5.74) is 11.0. The van der Waals surface area contributed by atoms with Gasteiger partial charge in [0.05, 0.1) is 25.3 Å². The van der Waals surface area contributed by atoms with E-state index >= 15 is 0 Å². The zero-order chi connectivity index (χ0) is 7.56. The highest BCUT2D eigenvalue weighted by Gasteiger charge is 2.21. The molecule has 0 aliphatic carbocycles. The van der Waals surface area contributed by atoms with Gasteiger partial charge in [-0.3, -0.25) is 0 Å². The van der Waals surface area contributed by atoms with Gasteiger partial charge in [0.15, 0.2) is 6.29 Å². The van der Waals surface area contributed by atoms with E-state index in [1.165, 1.54) is 0 Å². The molecule has 1 aliphatic heterocycles. The molecule has 1 saturated heterocycles. The lowest BCUT2D eigenvalue weighted by atomic mass is 10.3. The highest BCUT2D eigenvalue weighted by Crippen LogP contribution is 2.06. The van der Waals surface area contributed by atoms with Crippen LogP contribution in [0.3, 0.4) is 0 Å². The van der Waals surface area contributed by atoms with Gasteiger partial charge in [0.25, 0.3) is 0 Å². The summed E-state index contributed by atoms with van der Waals surface area (Å²) in [4.78, 5) is 0. The summed E-state index contributed by atoms with van der Waals surface area (Å²) in [5.74, 6) is 0. The van der Waals surface area contributed by atoms with Gasteiger partial charge in [-0.15, -0.1) is 0 Å². The molecule has 1 rings (SSSR count). The molecule has 4 heteroatoms. The Morgan fingerprint density at radius 2 is 1.90 bits per heavy atom. The molecule has 1 aliphatic rings. The third-order valence-corrected chi connectivity index (χ3v) is 1.38. The van der Waals surface area contributed by atoms with Crippen molar-refractivity contribution in [2.75, 3.05) is 13.2 Å². The number of ether oxygens (including phenoxy) is 2. The monoisotopic (exact) mass is 146 g/mol. The smallest absolute Gasteiger partial charge is 0.172 e. The lowest BCUT2D eigenvalue weighted by Crippen LogP contribution is -2.47. The number of rotatable bonds is 1. The fourth-order valence-electron chi connectivity index (χ4n) is 0.837. The molecule has 4 N–H and O–H groups in total. The van der Waals surface area contributed by atoms with Crippen LogP contribution in [-0.2, 0) is 9.47 Å². The number of nitrogens with two attached hydrogens (primary N) is 2. The molecule has 1 fully saturated rings. The molecule has 10 heavy (non-hydrogen) atoms. The summed E-state index contributed by atoms with van der Waals surface area (Å²) in [6.45, 7) is 2.94. The molecule has 0 bridgehead atoms. The lowest BCUT2D eigenvalue weighted by Gasteiger charge is -2.29. The van der Waals surface area contributed by atoms with Crippen molar-refractivity contribution in [3.8, 4) is 0 Å². The third kappa shape index (κ3) is 1.91. The van der Waals surface area contributed by atoms with E-state index in [1.807, 2.05) is 6.92 Å². The highest BCUT2D eigenvalue weighted by atomic mass is 16.7. The molecule has 0 aromatic carbocycles. The van der Waals surface area contributed by atoms with E-state index in [1.54, 1.807) is 0 Å². The average molecular weight is 146 g/mol. The maximum atomic E-state index is 5.52. The minimum atomic E-state index is -0.264. The van der Waals surface area contributed by atoms with Crippen LogP contribution in [-0.4, -0.2) is 31.6 Å². The van der Waals surface area contributed by atoms with Crippen molar-refractivity contribution in [2.24, 2.45) is 11.5 Å². The van der Waals surface area contributed by atoms with Crippen LogP contribution in [0.4, 0.5) is 0 Å². The first-order valence-corrected chi connectivity index (χ1v) is 3.44. The van der Waals surface area contributed by atoms with Gasteiger partial charge in [-0.25, -0.2) is 0 Å². The standard InChI is InChI=1S/C6H14N2O2/c1-4(7)6-9-2-5(8)3-10-6/h4-6H,2-3,7-8H2,1H3. The van der Waals surface area contributed by atoms with Crippen LogP contribution in [0.25, 0.3) is 0 Å². The Labute approximate surface area is 60.5 Å². The van der Waals surface area contributed by atoms with Crippen molar-refractivity contribution in [3.63, 3.8) is 0 Å². The molecule has 0 spiro atoms. The Balaban J connectivity index is 2.26. The first-order valence-electron chi connectivity index (χ1n) is 3.44. The van der Waals surface area contributed by atoms with Gasteiger partial charge in [0, 0.05) is 0 Å². The van der Waals surface area contributed by atoms with E-state index in [4.69, 9.17) is 20.9 Å². The normalized spacial score (nSPS) is 37.5.